The fraction of sp³-hybridized carbons (Fsp3) is 0.412. The van der Waals surface area contributed by atoms with E-state index in [2.05, 4.69) is 11.9 Å². The molecule has 0 aliphatic carbocycles. The average molecular weight is 354 g/mol. The molecule has 0 spiro atoms. The fourth-order valence-corrected chi connectivity index (χ4v) is 3.42. The zero-order valence-corrected chi connectivity index (χ0v) is 14.2. The van der Waals surface area contributed by atoms with Crippen LogP contribution >= 0.6 is 12.4 Å². The average Bonchev–Trinajstić information content (AvgIpc) is 2.52. The predicted octanol–water partition coefficient (Wildman–Crippen LogP) is 2.29. The zero-order chi connectivity index (χ0) is 16.6. The number of nitrogens with one attached hydrogen (secondary N) is 1. The highest BCUT2D eigenvalue weighted by atomic mass is 35.5. The van der Waals surface area contributed by atoms with Crippen LogP contribution < -0.4 is 11.3 Å². The summed E-state index contributed by atoms with van der Waals surface area (Å²) in [6.45, 7) is 3.10. The second-order valence-electron chi connectivity index (χ2n) is 6.16. The molecule has 2 heterocycles. The van der Waals surface area contributed by atoms with E-state index in [4.69, 9.17) is 5.73 Å². The maximum Gasteiger partial charge on any atom is 0.255 e. The number of H-pyrrole nitrogens is 1. The number of carbonyl (C=O) groups is 1. The summed E-state index contributed by atoms with van der Waals surface area (Å²) < 4.78 is 13.4. The van der Waals surface area contributed by atoms with Crippen LogP contribution in [0.15, 0.2) is 29.1 Å². The van der Waals surface area contributed by atoms with Crippen molar-refractivity contribution in [2.75, 3.05) is 13.1 Å². The van der Waals surface area contributed by atoms with Crippen LogP contribution in [0.3, 0.4) is 0 Å². The fourth-order valence-electron chi connectivity index (χ4n) is 3.42. The number of likely N-dealkylation sites (tertiary alicyclic amines) is 1. The number of fused-ring (bicyclic) bond motifs is 1. The highest BCUT2D eigenvalue weighted by molar-refractivity contribution is 6.06. The monoisotopic (exact) mass is 353 g/mol. The van der Waals surface area contributed by atoms with Gasteiger partial charge >= 0.3 is 0 Å². The van der Waals surface area contributed by atoms with E-state index in [-0.39, 0.29) is 24.4 Å². The summed E-state index contributed by atoms with van der Waals surface area (Å²) in [5.41, 5.74) is 6.07. The number of amides is 1. The third-order valence-corrected chi connectivity index (χ3v) is 4.65. The van der Waals surface area contributed by atoms with E-state index in [1.165, 1.54) is 24.3 Å². The van der Waals surface area contributed by atoms with Gasteiger partial charge in [-0.25, -0.2) is 4.39 Å². The van der Waals surface area contributed by atoms with E-state index in [0.717, 1.165) is 12.8 Å². The lowest BCUT2D eigenvalue weighted by atomic mass is 9.90. The molecule has 3 rings (SSSR count). The molecule has 3 N–H and O–H groups in total. The minimum atomic E-state index is -0.454. The lowest BCUT2D eigenvalue weighted by molar-refractivity contribution is 0.0534. The molecular formula is C17H21ClFN3O2. The molecule has 0 saturated carbocycles. The number of carbonyl (C=O) groups excluding carboxylic acids is 1. The lowest BCUT2D eigenvalue weighted by Crippen LogP contribution is -2.51. The summed E-state index contributed by atoms with van der Waals surface area (Å²) in [7, 11) is 0. The van der Waals surface area contributed by atoms with Crippen molar-refractivity contribution in [2.45, 2.75) is 25.8 Å². The zero-order valence-electron chi connectivity index (χ0n) is 13.4. The van der Waals surface area contributed by atoms with Gasteiger partial charge in [0.25, 0.3) is 5.91 Å². The van der Waals surface area contributed by atoms with E-state index in [1.54, 1.807) is 4.90 Å². The summed E-state index contributed by atoms with van der Waals surface area (Å²) in [4.78, 5) is 29.2. The quantitative estimate of drug-likeness (QED) is 0.869. The number of rotatable bonds is 2. The third kappa shape index (κ3) is 3.30. The smallest absolute Gasteiger partial charge is 0.255 e. The molecule has 1 aromatic heterocycles. The van der Waals surface area contributed by atoms with Gasteiger partial charge in [-0.1, -0.05) is 6.92 Å². The van der Waals surface area contributed by atoms with Crippen molar-refractivity contribution in [1.29, 1.82) is 0 Å². The number of halogens is 2. The number of benzene rings is 1. The normalized spacial score (nSPS) is 20.7. The number of nitrogens with two attached hydrogens (primary N) is 1. The molecule has 1 amide bonds. The van der Waals surface area contributed by atoms with Gasteiger partial charge in [-0.05, 0) is 37.0 Å². The number of piperidine rings is 1. The second kappa shape index (κ2) is 7.32. The van der Waals surface area contributed by atoms with E-state index in [0.29, 0.717) is 35.5 Å². The molecule has 2 atom stereocenters. The van der Waals surface area contributed by atoms with Crippen molar-refractivity contribution in [1.82, 2.24) is 9.88 Å². The first kappa shape index (κ1) is 18.4. The second-order valence-corrected chi connectivity index (χ2v) is 6.16. The van der Waals surface area contributed by atoms with Gasteiger partial charge in [0, 0.05) is 30.6 Å². The standard InChI is InChI=1S/C17H20FN3O2.ClH/c1-10-3-2-6-21(15(10)9-19)17(23)13-8-16(22)20-14-7-11(18)4-5-12(13)14;/h4-5,7-8,10,15H,2-3,6,9,19H2,1H3,(H,20,22);1H. The van der Waals surface area contributed by atoms with E-state index >= 15 is 0 Å². The molecule has 5 nitrogen and oxygen atoms in total. The largest absolute Gasteiger partial charge is 0.334 e. The summed E-state index contributed by atoms with van der Waals surface area (Å²) in [5.74, 6) is -0.345. The minimum absolute atomic E-state index is 0. The van der Waals surface area contributed by atoms with Crippen LogP contribution in [0.2, 0.25) is 0 Å². The maximum atomic E-state index is 13.4. The van der Waals surface area contributed by atoms with Crippen LogP contribution in [-0.2, 0) is 0 Å². The Bertz CT molecular complexity index is 808. The summed E-state index contributed by atoms with van der Waals surface area (Å²) in [5, 5.41) is 0.546. The van der Waals surface area contributed by atoms with Gasteiger partial charge in [0.15, 0.2) is 0 Å². The molecule has 130 valence electrons. The Hall–Kier alpha value is -1.92. The highest BCUT2D eigenvalue weighted by Crippen LogP contribution is 2.26. The van der Waals surface area contributed by atoms with Gasteiger partial charge < -0.3 is 15.6 Å². The van der Waals surface area contributed by atoms with Gasteiger partial charge in [-0.2, -0.15) is 0 Å². The Kier molecular flexibility index (Phi) is 5.62. The molecule has 1 aromatic carbocycles. The molecule has 1 aliphatic rings. The Labute approximate surface area is 145 Å². The van der Waals surface area contributed by atoms with Crippen molar-refractivity contribution in [2.24, 2.45) is 11.7 Å². The first-order valence-corrected chi connectivity index (χ1v) is 7.85. The number of hydrogen-bond acceptors (Lipinski definition) is 3. The Morgan fingerprint density at radius 2 is 2.17 bits per heavy atom. The summed E-state index contributed by atoms with van der Waals surface area (Å²) in [6.07, 6.45) is 1.95. The van der Waals surface area contributed by atoms with Crippen molar-refractivity contribution < 1.29 is 9.18 Å². The van der Waals surface area contributed by atoms with Crippen molar-refractivity contribution in [3.8, 4) is 0 Å². The minimum Gasteiger partial charge on any atom is -0.334 e. The molecule has 1 fully saturated rings. The van der Waals surface area contributed by atoms with Crippen LogP contribution in [0.1, 0.15) is 30.1 Å². The molecule has 1 aliphatic heterocycles. The number of aromatic nitrogens is 1. The summed E-state index contributed by atoms with van der Waals surface area (Å²) >= 11 is 0. The molecule has 0 radical (unpaired) electrons. The topological polar surface area (TPSA) is 79.2 Å². The Balaban J connectivity index is 0.00000208. The van der Waals surface area contributed by atoms with Gasteiger partial charge in [-0.3, -0.25) is 9.59 Å². The Morgan fingerprint density at radius 1 is 1.42 bits per heavy atom. The number of aromatic amines is 1. The van der Waals surface area contributed by atoms with E-state index in [9.17, 15) is 14.0 Å². The first-order chi connectivity index (χ1) is 11.0. The van der Waals surface area contributed by atoms with Gasteiger partial charge in [0.05, 0.1) is 11.1 Å². The lowest BCUT2D eigenvalue weighted by Gasteiger charge is -2.39. The number of hydrogen-bond donors (Lipinski definition) is 2. The molecule has 2 unspecified atom stereocenters. The van der Waals surface area contributed by atoms with Crippen LogP contribution in [0.25, 0.3) is 10.9 Å². The van der Waals surface area contributed by atoms with Crippen LogP contribution in [0, 0.1) is 11.7 Å². The first-order valence-electron chi connectivity index (χ1n) is 7.85. The van der Waals surface area contributed by atoms with Gasteiger partial charge in [0.1, 0.15) is 5.82 Å². The molecule has 7 heteroatoms. The van der Waals surface area contributed by atoms with Crippen LogP contribution in [0.5, 0.6) is 0 Å². The van der Waals surface area contributed by atoms with E-state index in [1.807, 2.05) is 0 Å². The molecule has 0 bridgehead atoms. The van der Waals surface area contributed by atoms with Gasteiger partial charge in [0.2, 0.25) is 5.56 Å². The van der Waals surface area contributed by atoms with Crippen molar-refractivity contribution in [3.63, 3.8) is 0 Å². The van der Waals surface area contributed by atoms with E-state index < -0.39 is 11.4 Å². The molecular weight excluding hydrogens is 333 g/mol. The van der Waals surface area contributed by atoms with Crippen LogP contribution in [-0.4, -0.2) is 34.9 Å². The number of pyridine rings is 1. The molecule has 1 saturated heterocycles. The van der Waals surface area contributed by atoms with Crippen LogP contribution in [0.4, 0.5) is 4.39 Å². The SMILES string of the molecule is CC1CCCN(C(=O)c2cc(=O)[nH]c3cc(F)ccc23)C1CN.Cl. The van der Waals surface area contributed by atoms with Crippen molar-refractivity contribution in [3.05, 3.63) is 46.0 Å². The molecule has 2 aromatic rings. The molecule has 24 heavy (non-hydrogen) atoms. The highest BCUT2D eigenvalue weighted by Gasteiger charge is 2.32. The predicted molar refractivity (Wildman–Crippen MR) is 94.1 cm³/mol. The van der Waals surface area contributed by atoms with Gasteiger partial charge in [-0.15, -0.1) is 12.4 Å². The Morgan fingerprint density at radius 3 is 2.88 bits per heavy atom. The van der Waals surface area contributed by atoms with Crippen molar-refractivity contribution >= 4 is 29.2 Å². The number of nitrogens with zero attached hydrogens (tertiary/aromatic N) is 1. The maximum absolute atomic E-state index is 13.4. The summed E-state index contributed by atoms with van der Waals surface area (Å²) in [6, 6.07) is 5.29. The third-order valence-electron chi connectivity index (χ3n) is 4.65.